The van der Waals surface area contributed by atoms with E-state index in [2.05, 4.69) is 0 Å². The molecule has 1 fully saturated rings. The molecule has 9 heteroatoms. The highest BCUT2D eigenvalue weighted by atomic mass is 35.5. The average molecular weight is 351 g/mol. The van der Waals surface area contributed by atoms with Gasteiger partial charge in [-0.3, -0.25) is 4.79 Å². The first-order chi connectivity index (χ1) is 10.3. The third-order valence-corrected chi connectivity index (χ3v) is 5.80. The molecule has 0 unspecified atom stereocenters. The van der Waals surface area contributed by atoms with Crippen LogP contribution in [-0.2, 0) is 19.6 Å². The zero-order valence-electron chi connectivity index (χ0n) is 11.8. The molecule has 1 amide bonds. The number of benzene rings is 1. The van der Waals surface area contributed by atoms with E-state index in [0.717, 1.165) is 22.5 Å². The third kappa shape index (κ3) is 3.24. The van der Waals surface area contributed by atoms with E-state index in [-0.39, 0.29) is 35.5 Å². The van der Waals surface area contributed by atoms with Crippen molar-refractivity contribution in [1.82, 2.24) is 4.31 Å². The van der Waals surface area contributed by atoms with Crippen molar-refractivity contribution in [2.24, 2.45) is 17.6 Å². The number of sulfonamides is 1. The van der Waals surface area contributed by atoms with Crippen molar-refractivity contribution in [2.75, 3.05) is 26.8 Å². The average Bonchev–Trinajstić information content (AvgIpc) is 2.87. The van der Waals surface area contributed by atoms with E-state index >= 15 is 0 Å². The van der Waals surface area contributed by atoms with Crippen LogP contribution in [0.5, 0.6) is 0 Å². The minimum atomic E-state index is -3.88. The van der Waals surface area contributed by atoms with Crippen LogP contribution in [0.2, 0.25) is 5.02 Å². The molecule has 1 saturated heterocycles. The molecule has 2 rings (SSSR count). The van der Waals surface area contributed by atoms with Gasteiger partial charge in [-0.1, -0.05) is 11.6 Å². The number of primary amides is 1. The van der Waals surface area contributed by atoms with Crippen LogP contribution in [0.4, 0.5) is 4.39 Å². The molecular weight excluding hydrogens is 335 g/mol. The fraction of sp³-hybridized carbons (Fsp3) is 0.462. The molecule has 0 spiro atoms. The molecule has 6 nitrogen and oxygen atoms in total. The van der Waals surface area contributed by atoms with Gasteiger partial charge in [0, 0.05) is 26.1 Å². The van der Waals surface area contributed by atoms with E-state index in [9.17, 15) is 17.6 Å². The second-order valence-corrected chi connectivity index (χ2v) is 7.47. The Balaban J connectivity index is 2.30. The monoisotopic (exact) mass is 350 g/mol. The molecule has 1 aliphatic heterocycles. The van der Waals surface area contributed by atoms with Crippen LogP contribution in [0.25, 0.3) is 0 Å². The highest BCUT2D eigenvalue weighted by molar-refractivity contribution is 7.89. The fourth-order valence-corrected chi connectivity index (χ4v) is 4.31. The number of nitrogens with zero attached hydrogens (tertiary/aromatic N) is 1. The summed E-state index contributed by atoms with van der Waals surface area (Å²) in [5.41, 5.74) is 5.32. The number of rotatable bonds is 5. The number of methoxy groups -OCH3 is 1. The van der Waals surface area contributed by atoms with Gasteiger partial charge in [-0.15, -0.1) is 0 Å². The Labute approximate surface area is 133 Å². The highest BCUT2D eigenvalue weighted by Crippen LogP contribution is 2.30. The van der Waals surface area contributed by atoms with Crippen LogP contribution in [0.1, 0.15) is 0 Å². The van der Waals surface area contributed by atoms with E-state index in [1.165, 1.54) is 7.11 Å². The lowest BCUT2D eigenvalue weighted by Gasteiger charge is -2.16. The topological polar surface area (TPSA) is 89.7 Å². The van der Waals surface area contributed by atoms with Gasteiger partial charge >= 0.3 is 0 Å². The molecule has 0 aromatic heterocycles. The Morgan fingerprint density at radius 3 is 2.73 bits per heavy atom. The lowest BCUT2D eigenvalue weighted by Crippen LogP contribution is -2.32. The minimum Gasteiger partial charge on any atom is -0.384 e. The number of hydrogen-bond acceptors (Lipinski definition) is 4. The Kier molecular flexibility index (Phi) is 5.06. The Morgan fingerprint density at radius 2 is 2.18 bits per heavy atom. The fourth-order valence-electron chi connectivity index (χ4n) is 2.52. The zero-order valence-corrected chi connectivity index (χ0v) is 13.4. The molecule has 0 radical (unpaired) electrons. The van der Waals surface area contributed by atoms with Gasteiger partial charge in [0.15, 0.2) is 0 Å². The summed E-state index contributed by atoms with van der Waals surface area (Å²) in [7, 11) is -2.41. The van der Waals surface area contributed by atoms with Crippen LogP contribution in [0.15, 0.2) is 23.1 Å². The molecule has 2 N–H and O–H groups in total. The Morgan fingerprint density at radius 1 is 1.50 bits per heavy atom. The predicted octanol–water partition coefficient (Wildman–Crippen LogP) is 0.848. The maximum Gasteiger partial charge on any atom is 0.243 e. The molecule has 22 heavy (non-hydrogen) atoms. The molecule has 1 aliphatic rings. The second kappa shape index (κ2) is 6.49. The first-order valence-electron chi connectivity index (χ1n) is 6.50. The standard InChI is InChI=1S/C13H16ClFN2O4S/c1-21-7-8-5-17(6-10(8)13(16)18)22(19,20)9-2-3-12(15)11(14)4-9/h2-4,8,10H,5-7H2,1H3,(H2,16,18)/t8-,10+/m0/s1. The highest BCUT2D eigenvalue weighted by Gasteiger charge is 2.42. The smallest absolute Gasteiger partial charge is 0.243 e. The summed E-state index contributed by atoms with van der Waals surface area (Å²) in [4.78, 5) is 11.3. The molecule has 0 saturated carbocycles. The van der Waals surface area contributed by atoms with Crippen molar-refractivity contribution >= 4 is 27.5 Å². The van der Waals surface area contributed by atoms with Gasteiger partial charge in [0.1, 0.15) is 5.82 Å². The quantitative estimate of drug-likeness (QED) is 0.852. The van der Waals surface area contributed by atoms with E-state index < -0.39 is 27.7 Å². The third-order valence-electron chi connectivity index (χ3n) is 3.68. The summed E-state index contributed by atoms with van der Waals surface area (Å²) in [6, 6.07) is 3.18. The van der Waals surface area contributed by atoms with Crippen LogP contribution in [-0.4, -0.2) is 45.4 Å². The summed E-state index contributed by atoms with van der Waals surface area (Å²) in [5.74, 6) is -2.20. The van der Waals surface area contributed by atoms with Gasteiger partial charge in [0.2, 0.25) is 15.9 Å². The first-order valence-corrected chi connectivity index (χ1v) is 8.32. The molecule has 0 bridgehead atoms. The minimum absolute atomic E-state index is 0.0271. The molecule has 0 aliphatic carbocycles. The van der Waals surface area contributed by atoms with Crippen LogP contribution < -0.4 is 5.73 Å². The normalized spacial score (nSPS) is 22.9. The number of ether oxygens (including phenoxy) is 1. The van der Waals surface area contributed by atoms with Crippen molar-refractivity contribution in [3.63, 3.8) is 0 Å². The van der Waals surface area contributed by atoms with E-state index in [0.29, 0.717) is 0 Å². The lowest BCUT2D eigenvalue weighted by atomic mass is 9.96. The molecule has 2 atom stereocenters. The van der Waals surface area contributed by atoms with Crippen molar-refractivity contribution in [3.8, 4) is 0 Å². The van der Waals surface area contributed by atoms with Crippen molar-refractivity contribution in [3.05, 3.63) is 29.0 Å². The largest absolute Gasteiger partial charge is 0.384 e. The summed E-state index contributed by atoms with van der Waals surface area (Å²) in [6.07, 6.45) is 0. The zero-order chi connectivity index (χ0) is 16.5. The Bertz CT molecular complexity index is 683. The summed E-state index contributed by atoms with van der Waals surface area (Å²) < 4.78 is 44.5. The van der Waals surface area contributed by atoms with Gasteiger partial charge in [0.25, 0.3) is 0 Å². The van der Waals surface area contributed by atoms with Crippen molar-refractivity contribution < 1.29 is 22.3 Å². The summed E-state index contributed by atoms with van der Waals surface area (Å²) in [6.45, 7) is 0.309. The van der Waals surface area contributed by atoms with Gasteiger partial charge in [-0.2, -0.15) is 4.31 Å². The first kappa shape index (κ1) is 17.1. The van der Waals surface area contributed by atoms with Crippen molar-refractivity contribution in [1.29, 1.82) is 0 Å². The van der Waals surface area contributed by atoms with Crippen molar-refractivity contribution in [2.45, 2.75) is 4.90 Å². The maximum absolute atomic E-state index is 13.2. The van der Waals surface area contributed by atoms with Gasteiger partial charge in [0.05, 0.1) is 22.4 Å². The van der Waals surface area contributed by atoms with Gasteiger partial charge < -0.3 is 10.5 Å². The summed E-state index contributed by atoms with van der Waals surface area (Å²) in [5, 5.41) is -0.278. The maximum atomic E-state index is 13.2. The number of hydrogen-bond donors (Lipinski definition) is 1. The summed E-state index contributed by atoms with van der Waals surface area (Å²) >= 11 is 5.63. The van der Waals surface area contributed by atoms with E-state index in [1.807, 2.05) is 0 Å². The van der Waals surface area contributed by atoms with Crippen LogP contribution >= 0.6 is 11.6 Å². The van der Waals surface area contributed by atoms with Crippen LogP contribution in [0.3, 0.4) is 0 Å². The molecule has 122 valence electrons. The number of nitrogens with two attached hydrogens (primary N) is 1. The number of halogens is 2. The molecule has 1 heterocycles. The predicted molar refractivity (Wildman–Crippen MR) is 78.2 cm³/mol. The molecule has 1 aromatic carbocycles. The second-order valence-electron chi connectivity index (χ2n) is 5.12. The van der Waals surface area contributed by atoms with Gasteiger partial charge in [-0.05, 0) is 18.2 Å². The van der Waals surface area contributed by atoms with Crippen LogP contribution in [0, 0.1) is 17.7 Å². The van der Waals surface area contributed by atoms with E-state index in [1.54, 1.807) is 0 Å². The number of amides is 1. The lowest BCUT2D eigenvalue weighted by molar-refractivity contribution is -0.122. The SMILES string of the molecule is COC[C@@H]1CN(S(=O)(=O)c2ccc(F)c(Cl)c2)C[C@H]1C(N)=O. The van der Waals surface area contributed by atoms with Gasteiger partial charge in [-0.25, -0.2) is 12.8 Å². The Hall–Kier alpha value is -1.22. The van der Waals surface area contributed by atoms with E-state index in [4.69, 9.17) is 22.1 Å². The molecule has 1 aromatic rings. The number of carbonyl (C=O) groups is 1. The number of carbonyl (C=O) groups excluding carboxylic acids is 1. The molecular formula is C13H16ClFN2O4S.